The molecule has 0 bridgehead atoms. The molecule has 2 fully saturated rings. The van der Waals surface area contributed by atoms with E-state index in [-0.39, 0.29) is 29.8 Å². The number of carbonyl (C=O) groups is 1. The van der Waals surface area contributed by atoms with Crippen LogP contribution in [0.1, 0.15) is 37.3 Å². The molecule has 4 atom stereocenters. The maximum atomic E-state index is 13.4. The van der Waals surface area contributed by atoms with Crippen molar-refractivity contribution >= 4 is 5.91 Å². The number of piperidine rings is 1. The van der Waals surface area contributed by atoms with E-state index >= 15 is 0 Å². The van der Waals surface area contributed by atoms with Crippen molar-refractivity contribution in [1.29, 1.82) is 5.26 Å². The molecule has 6 nitrogen and oxygen atoms in total. The summed E-state index contributed by atoms with van der Waals surface area (Å²) in [6.45, 7) is 3.64. The monoisotopic (exact) mass is 359 g/mol. The lowest BCUT2D eigenvalue weighted by Crippen LogP contribution is -2.60. The van der Waals surface area contributed by atoms with E-state index in [1.165, 1.54) is 6.07 Å². The maximum absolute atomic E-state index is 13.4. The maximum Gasteiger partial charge on any atom is 0.238 e. The van der Waals surface area contributed by atoms with Gasteiger partial charge in [-0.1, -0.05) is 6.07 Å². The molecule has 1 aromatic carbocycles. The van der Waals surface area contributed by atoms with E-state index in [0.29, 0.717) is 5.92 Å². The molecule has 4 unspecified atom stereocenters. The van der Waals surface area contributed by atoms with Gasteiger partial charge in [-0.25, -0.2) is 4.39 Å². The zero-order valence-electron chi connectivity index (χ0n) is 15.0. The van der Waals surface area contributed by atoms with Gasteiger partial charge in [-0.2, -0.15) is 5.26 Å². The Morgan fingerprint density at radius 2 is 2.19 bits per heavy atom. The summed E-state index contributed by atoms with van der Waals surface area (Å²) >= 11 is 0. The van der Waals surface area contributed by atoms with Crippen LogP contribution in [-0.2, 0) is 11.2 Å². The van der Waals surface area contributed by atoms with Crippen molar-refractivity contribution < 1.29 is 9.18 Å². The van der Waals surface area contributed by atoms with Crippen LogP contribution in [0, 0.1) is 23.1 Å². The third-order valence-electron chi connectivity index (χ3n) is 5.16. The Labute approximate surface area is 153 Å². The van der Waals surface area contributed by atoms with Crippen molar-refractivity contribution in [2.45, 2.75) is 51.0 Å². The van der Waals surface area contributed by atoms with Gasteiger partial charge in [0, 0.05) is 6.54 Å². The Morgan fingerprint density at radius 1 is 1.35 bits per heavy atom. The topological polar surface area (TPSA) is 89.0 Å². The Kier molecular flexibility index (Phi) is 6.20. The van der Waals surface area contributed by atoms with Crippen LogP contribution in [0.4, 0.5) is 4.39 Å². The summed E-state index contributed by atoms with van der Waals surface area (Å²) in [4.78, 5) is 12.4. The first-order chi connectivity index (χ1) is 12.5. The smallest absolute Gasteiger partial charge is 0.238 e. The molecule has 1 aromatic rings. The minimum absolute atomic E-state index is 0.00590. The number of nitrogens with zero attached hydrogens (tertiary/aromatic N) is 1. The molecule has 7 heteroatoms. The lowest BCUT2D eigenvalue weighted by atomic mass is 9.90. The van der Waals surface area contributed by atoms with Crippen molar-refractivity contribution in [2.75, 3.05) is 13.1 Å². The molecule has 2 saturated heterocycles. The summed E-state index contributed by atoms with van der Waals surface area (Å²) in [7, 11) is 0. The van der Waals surface area contributed by atoms with E-state index in [9.17, 15) is 9.18 Å². The minimum Gasteiger partial charge on any atom is -0.339 e. The van der Waals surface area contributed by atoms with Crippen LogP contribution in [0.25, 0.3) is 0 Å². The van der Waals surface area contributed by atoms with Crippen molar-refractivity contribution in [3.8, 4) is 6.07 Å². The molecule has 0 aromatic heterocycles. The summed E-state index contributed by atoms with van der Waals surface area (Å²) in [5, 5.41) is 21.9. The summed E-state index contributed by atoms with van der Waals surface area (Å²) in [5.74, 6) is -0.00897. The molecule has 0 saturated carbocycles. The molecular weight excluding hydrogens is 333 g/mol. The standard InChI is InChI=1S/C19H26FN5O/c1-12-22-7-6-17(24-12)19(26)25-18-5-3-14(11-23-18)8-13-2-4-16(20)15(9-13)10-21/h2,4,9,12,14,17-18,22-24H,3,5-8,11H2,1H3,(H,25,26). The second kappa shape index (κ2) is 8.58. The fourth-order valence-corrected chi connectivity index (χ4v) is 3.70. The lowest BCUT2D eigenvalue weighted by Gasteiger charge is -2.33. The summed E-state index contributed by atoms with van der Waals surface area (Å²) in [6, 6.07) is 6.48. The van der Waals surface area contributed by atoms with Crippen LogP contribution in [0.5, 0.6) is 0 Å². The molecule has 1 amide bonds. The molecule has 2 aliphatic heterocycles. The number of nitriles is 1. The normalized spacial score (nSPS) is 29.0. The molecule has 3 rings (SSSR count). The third-order valence-corrected chi connectivity index (χ3v) is 5.16. The summed E-state index contributed by atoms with van der Waals surface area (Å²) in [5.41, 5.74) is 1.07. The summed E-state index contributed by atoms with van der Waals surface area (Å²) in [6.07, 6.45) is 3.58. The molecule has 26 heavy (non-hydrogen) atoms. The predicted octanol–water partition coefficient (Wildman–Crippen LogP) is 0.979. The van der Waals surface area contributed by atoms with Gasteiger partial charge in [0.05, 0.1) is 23.9 Å². The quantitative estimate of drug-likeness (QED) is 0.644. The van der Waals surface area contributed by atoms with E-state index in [2.05, 4.69) is 21.3 Å². The van der Waals surface area contributed by atoms with Crippen LogP contribution in [-0.4, -0.2) is 37.4 Å². The lowest BCUT2D eigenvalue weighted by molar-refractivity contribution is -0.125. The Balaban J connectivity index is 1.45. The van der Waals surface area contributed by atoms with Crippen LogP contribution in [0.2, 0.25) is 0 Å². The Morgan fingerprint density at radius 3 is 2.88 bits per heavy atom. The van der Waals surface area contributed by atoms with E-state index in [0.717, 1.165) is 44.3 Å². The number of benzene rings is 1. The molecule has 0 spiro atoms. The highest BCUT2D eigenvalue weighted by atomic mass is 19.1. The van der Waals surface area contributed by atoms with Crippen LogP contribution >= 0.6 is 0 Å². The highest BCUT2D eigenvalue weighted by molar-refractivity contribution is 5.82. The number of hydrogen-bond acceptors (Lipinski definition) is 5. The molecular formula is C19H26FN5O. The van der Waals surface area contributed by atoms with Crippen LogP contribution in [0.3, 0.4) is 0 Å². The molecule has 0 radical (unpaired) electrons. The number of hydrogen-bond donors (Lipinski definition) is 4. The van der Waals surface area contributed by atoms with Crippen LogP contribution in [0.15, 0.2) is 18.2 Å². The third kappa shape index (κ3) is 4.79. The number of amides is 1. The average molecular weight is 359 g/mol. The van der Waals surface area contributed by atoms with Gasteiger partial charge < -0.3 is 10.6 Å². The zero-order chi connectivity index (χ0) is 18.5. The molecule has 0 aliphatic carbocycles. The average Bonchev–Trinajstić information content (AvgIpc) is 2.65. The second-order valence-corrected chi connectivity index (χ2v) is 7.23. The van der Waals surface area contributed by atoms with Crippen molar-refractivity contribution in [1.82, 2.24) is 21.3 Å². The van der Waals surface area contributed by atoms with Crippen LogP contribution < -0.4 is 21.3 Å². The minimum atomic E-state index is -0.471. The van der Waals surface area contributed by atoms with E-state index in [1.807, 2.05) is 13.0 Å². The van der Waals surface area contributed by atoms with Gasteiger partial charge >= 0.3 is 0 Å². The van der Waals surface area contributed by atoms with E-state index in [4.69, 9.17) is 5.26 Å². The van der Waals surface area contributed by atoms with Gasteiger partial charge in [-0.3, -0.25) is 15.4 Å². The summed E-state index contributed by atoms with van der Waals surface area (Å²) < 4.78 is 13.4. The SMILES string of the molecule is CC1NCCC(C(=O)NC2CCC(Cc3ccc(F)c(C#N)c3)CN2)N1. The van der Waals surface area contributed by atoms with E-state index < -0.39 is 5.82 Å². The first-order valence-electron chi connectivity index (χ1n) is 9.27. The first-order valence-corrected chi connectivity index (χ1v) is 9.27. The van der Waals surface area contributed by atoms with Gasteiger partial charge in [0.25, 0.3) is 0 Å². The number of halogens is 1. The van der Waals surface area contributed by atoms with Gasteiger partial charge in [0.1, 0.15) is 11.9 Å². The van der Waals surface area contributed by atoms with Gasteiger partial charge in [0.15, 0.2) is 0 Å². The number of rotatable bonds is 4. The fraction of sp³-hybridized carbons (Fsp3) is 0.579. The van der Waals surface area contributed by atoms with Crippen molar-refractivity contribution in [2.24, 2.45) is 5.92 Å². The van der Waals surface area contributed by atoms with E-state index in [1.54, 1.807) is 12.1 Å². The number of carbonyl (C=O) groups excluding carboxylic acids is 1. The molecule has 2 heterocycles. The highest BCUT2D eigenvalue weighted by Gasteiger charge is 2.27. The molecule has 140 valence electrons. The number of nitrogens with one attached hydrogen (secondary N) is 4. The van der Waals surface area contributed by atoms with Crippen molar-refractivity contribution in [3.63, 3.8) is 0 Å². The molecule has 2 aliphatic rings. The molecule has 4 N–H and O–H groups in total. The van der Waals surface area contributed by atoms with Crippen molar-refractivity contribution in [3.05, 3.63) is 35.1 Å². The first kappa shape index (κ1) is 18.8. The Bertz CT molecular complexity index is 681. The predicted molar refractivity (Wildman–Crippen MR) is 96.5 cm³/mol. The zero-order valence-corrected chi connectivity index (χ0v) is 15.0. The van der Waals surface area contributed by atoms with Gasteiger partial charge in [-0.15, -0.1) is 0 Å². The fourth-order valence-electron chi connectivity index (χ4n) is 3.70. The largest absolute Gasteiger partial charge is 0.339 e. The highest BCUT2D eigenvalue weighted by Crippen LogP contribution is 2.20. The van der Waals surface area contributed by atoms with Gasteiger partial charge in [0.2, 0.25) is 5.91 Å². The Hall–Kier alpha value is -2.01. The second-order valence-electron chi connectivity index (χ2n) is 7.23. The van der Waals surface area contributed by atoms with Gasteiger partial charge in [-0.05, 0) is 62.8 Å².